The first-order valence-corrected chi connectivity index (χ1v) is 12.8. The van der Waals surface area contributed by atoms with Crippen molar-refractivity contribution in [1.29, 1.82) is 0 Å². The van der Waals surface area contributed by atoms with Crippen LogP contribution in [0.1, 0.15) is 35.2 Å². The first-order chi connectivity index (χ1) is 18.4. The molecule has 0 radical (unpaired) electrons. The standard InChI is InChI=1S/C31H33F2N3O2/c1-2-22-9-8-10-23(15-22)20-34-21-29(37)28(18-24-16-26(32)19-27(33)17-24)35-31(38)30(36-13-6-7-14-36)25-11-4-3-5-12-25/h3-17,19,28-30,34,37H,2,18,20-21H2,1H3,(H,35,38). The summed E-state index contributed by atoms with van der Waals surface area (Å²) in [6.45, 7) is 2.81. The summed E-state index contributed by atoms with van der Waals surface area (Å²) in [6.07, 6.45) is 3.58. The fourth-order valence-corrected chi connectivity index (χ4v) is 4.61. The van der Waals surface area contributed by atoms with Crippen LogP contribution in [0.15, 0.2) is 97.3 Å². The summed E-state index contributed by atoms with van der Waals surface area (Å²) in [5.41, 5.74) is 3.43. The lowest BCUT2D eigenvalue weighted by molar-refractivity contribution is -0.124. The van der Waals surface area contributed by atoms with Gasteiger partial charge in [-0.05, 0) is 59.4 Å². The van der Waals surface area contributed by atoms with Crippen LogP contribution in [0, 0.1) is 11.6 Å². The first kappa shape index (κ1) is 27.2. The van der Waals surface area contributed by atoms with Crippen molar-refractivity contribution in [2.45, 2.75) is 44.5 Å². The van der Waals surface area contributed by atoms with Gasteiger partial charge in [0, 0.05) is 31.5 Å². The monoisotopic (exact) mass is 517 g/mol. The second-order valence-corrected chi connectivity index (χ2v) is 9.41. The first-order valence-electron chi connectivity index (χ1n) is 12.8. The van der Waals surface area contributed by atoms with Crippen LogP contribution in [0.5, 0.6) is 0 Å². The number of aliphatic hydroxyl groups is 1. The average molecular weight is 518 g/mol. The summed E-state index contributed by atoms with van der Waals surface area (Å²) in [5.74, 6) is -1.74. The summed E-state index contributed by atoms with van der Waals surface area (Å²) in [7, 11) is 0. The minimum Gasteiger partial charge on any atom is -0.390 e. The lowest BCUT2D eigenvalue weighted by Gasteiger charge is -2.28. The molecule has 0 aliphatic carbocycles. The number of carbonyl (C=O) groups excluding carboxylic acids is 1. The van der Waals surface area contributed by atoms with E-state index in [1.165, 1.54) is 17.7 Å². The van der Waals surface area contributed by atoms with E-state index < -0.39 is 29.8 Å². The molecular weight excluding hydrogens is 484 g/mol. The van der Waals surface area contributed by atoms with E-state index in [0.29, 0.717) is 12.1 Å². The van der Waals surface area contributed by atoms with Gasteiger partial charge >= 0.3 is 0 Å². The van der Waals surface area contributed by atoms with Gasteiger partial charge in [-0.15, -0.1) is 0 Å². The lowest BCUT2D eigenvalue weighted by Crippen LogP contribution is -2.50. The second kappa shape index (κ2) is 13.1. The van der Waals surface area contributed by atoms with Gasteiger partial charge in [-0.25, -0.2) is 8.78 Å². The highest BCUT2D eigenvalue weighted by Gasteiger charge is 2.28. The van der Waals surface area contributed by atoms with Gasteiger partial charge in [0.1, 0.15) is 17.7 Å². The normalized spacial score (nSPS) is 13.6. The number of benzene rings is 3. The summed E-state index contributed by atoms with van der Waals surface area (Å²) in [4.78, 5) is 13.6. The van der Waals surface area contributed by atoms with Crippen LogP contribution < -0.4 is 10.6 Å². The van der Waals surface area contributed by atoms with Gasteiger partial charge in [0.15, 0.2) is 0 Å². The van der Waals surface area contributed by atoms with E-state index in [1.807, 2.05) is 54.6 Å². The molecule has 0 fully saturated rings. The number of amides is 1. The topological polar surface area (TPSA) is 66.3 Å². The molecule has 1 amide bonds. The third-order valence-electron chi connectivity index (χ3n) is 6.54. The molecule has 0 aliphatic rings. The van der Waals surface area contributed by atoms with E-state index in [0.717, 1.165) is 23.6 Å². The molecule has 3 N–H and O–H groups in total. The number of hydrogen-bond acceptors (Lipinski definition) is 3. The Morgan fingerprint density at radius 1 is 0.868 bits per heavy atom. The molecule has 4 rings (SSSR count). The Balaban J connectivity index is 1.52. The highest BCUT2D eigenvalue weighted by molar-refractivity contribution is 5.84. The number of halogens is 2. The Hall–Kier alpha value is -3.81. The molecule has 0 aliphatic heterocycles. The van der Waals surface area contributed by atoms with Crippen molar-refractivity contribution in [2.75, 3.05) is 6.54 Å². The lowest BCUT2D eigenvalue weighted by atomic mass is 9.99. The summed E-state index contributed by atoms with van der Waals surface area (Å²) in [6, 6.07) is 23.0. The number of aliphatic hydroxyl groups excluding tert-OH is 1. The van der Waals surface area contributed by atoms with Crippen LogP contribution in [-0.2, 0) is 24.2 Å². The molecule has 1 aromatic heterocycles. The molecule has 1 heterocycles. The van der Waals surface area contributed by atoms with Gasteiger partial charge in [0.25, 0.3) is 0 Å². The molecule has 38 heavy (non-hydrogen) atoms. The van der Waals surface area contributed by atoms with Gasteiger partial charge in [-0.2, -0.15) is 0 Å². The van der Waals surface area contributed by atoms with Gasteiger partial charge < -0.3 is 20.3 Å². The van der Waals surface area contributed by atoms with Gasteiger partial charge in [-0.3, -0.25) is 4.79 Å². The predicted molar refractivity (Wildman–Crippen MR) is 145 cm³/mol. The largest absolute Gasteiger partial charge is 0.390 e. The van der Waals surface area contributed by atoms with E-state index >= 15 is 0 Å². The van der Waals surface area contributed by atoms with Crippen molar-refractivity contribution in [3.63, 3.8) is 0 Å². The van der Waals surface area contributed by atoms with Crippen molar-refractivity contribution in [2.24, 2.45) is 0 Å². The fraction of sp³-hybridized carbons (Fsp3) is 0.258. The maximum absolute atomic E-state index is 13.9. The zero-order chi connectivity index (χ0) is 26.9. The number of carbonyl (C=O) groups is 1. The molecule has 3 unspecified atom stereocenters. The smallest absolute Gasteiger partial charge is 0.248 e. The number of aryl methyl sites for hydroxylation is 1. The average Bonchev–Trinajstić information content (AvgIpc) is 3.43. The number of rotatable bonds is 12. The quantitative estimate of drug-likeness (QED) is 0.253. The summed E-state index contributed by atoms with van der Waals surface area (Å²) < 4.78 is 29.6. The highest BCUT2D eigenvalue weighted by atomic mass is 19.1. The Kier molecular flexibility index (Phi) is 9.40. The Labute approximate surface area is 222 Å². The van der Waals surface area contributed by atoms with E-state index in [9.17, 15) is 18.7 Å². The molecule has 3 atom stereocenters. The van der Waals surface area contributed by atoms with Crippen LogP contribution in [-0.4, -0.2) is 34.3 Å². The fourth-order valence-electron chi connectivity index (χ4n) is 4.61. The molecule has 3 aromatic carbocycles. The number of hydrogen-bond donors (Lipinski definition) is 3. The molecule has 5 nitrogen and oxygen atoms in total. The zero-order valence-corrected chi connectivity index (χ0v) is 21.4. The Bertz CT molecular complexity index is 1290. The molecule has 198 valence electrons. The molecule has 4 aromatic rings. The highest BCUT2D eigenvalue weighted by Crippen LogP contribution is 2.20. The van der Waals surface area contributed by atoms with Gasteiger partial charge in [0.2, 0.25) is 5.91 Å². The van der Waals surface area contributed by atoms with Gasteiger partial charge in [0.05, 0.1) is 12.1 Å². The predicted octanol–water partition coefficient (Wildman–Crippen LogP) is 4.80. The summed E-state index contributed by atoms with van der Waals surface area (Å²) in [5, 5.41) is 17.4. The molecular formula is C31H33F2N3O2. The second-order valence-electron chi connectivity index (χ2n) is 9.41. The Morgan fingerprint density at radius 2 is 1.55 bits per heavy atom. The maximum Gasteiger partial charge on any atom is 0.248 e. The van der Waals surface area contributed by atoms with Crippen LogP contribution in [0.25, 0.3) is 0 Å². The SMILES string of the molecule is CCc1cccc(CNCC(O)C(Cc2cc(F)cc(F)c2)NC(=O)C(c2ccccc2)n2cccc2)c1. The van der Waals surface area contributed by atoms with Crippen LogP contribution in [0.2, 0.25) is 0 Å². The minimum absolute atomic E-state index is 0.0573. The number of aromatic nitrogens is 1. The molecule has 0 spiro atoms. The van der Waals surface area contributed by atoms with Crippen molar-refractivity contribution in [3.05, 3.63) is 131 Å². The van der Waals surface area contributed by atoms with E-state index in [2.05, 4.69) is 29.7 Å². The number of nitrogens with one attached hydrogen (secondary N) is 2. The molecule has 0 saturated carbocycles. The van der Waals surface area contributed by atoms with Crippen molar-refractivity contribution in [1.82, 2.24) is 15.2 Å². The molecule has 7 heteroatoms. The number of nitrogens with zero attached hydrogens (tertiary/aromatic N) is 1. The van der Waals surface area contributed by atoms with E-state index in [4.69, 9.17) is 0 Å². The van der Waals surface area contributed by atoms with Crippen molar-refractivity contribution in [3.8, 4) is 0 Å². The van der Waals surface area contributed by atoms with Gasteiger partial charge in [-0.1, -0.05) is 61.5 Å². The van der Waals surface area contributed by atoms with Crippen LogP contribution in [0.3, 0.4) is 0 Å². The third kappa shape index (κ3) is 7.37. The summed E-state index contributed by atoms with van der Waals surface area (Å²) >= 11 is 0. The van der Waals surface area contributed by atoms with Crippen molar-refractivity contribution < 1.29 is 18.7 Å². The third-order valence-corrected chi connectivity index (χ3v) is 6.54. The Morgan fingerprint density at radius 3 is 2.24 bits per heavy atom. The maximum atomic E-state index is 13.9. The van der Waals surface area contributed by atoms with E-state index in [-0.39, 0.29) is 18.9 Å². The molecule has 0 bridgehead atoms. The minimum atomic E-state index is -1.01. The van der Waals surface area contributed by atoms with Crippen LogP contribution in [0.4, 0.5) is 8.78 Å². The molecule has 0 saturated heterocycles. The van der Waals surface area contributed by atoms with Crippen molar-refractivity contribution >= 4 is 5.91 Å². The zero-order valence-electron chi connectivity index (χ0n) is 21.4. The van der Waals surface area contributed by atoms with Crippen LogP contribution >= 0.6 is 0 Å². The van der Waals surface area contributed by atoms with E-state index in [1.54, 1.807) is 17.0 Å².